The van der Waals surface area contributed by atoms with E-state index in [1.165, 1.54) is 18.2 Å². The lowest BCUT2D eigenvalue weighted by Gasteiger charge is -2.25. The van der Waals surface area contributed by atoms with Gasteiger partial charge in [-0.05, 0) is 55.8 Å². The van der Waals surface area contributed by atoms with Gasteiger partial charge < -0.3 is 10.1 Å². The van der Waals surface area contributed by atoms with Crippen molar-refractivity contribution in [3.05, 3.63) is 88.4 Å². The highest BCUT2D eigenvalue weighted by Gasteiger charge is 2.29. The van der Waals surface area contributed by atoms with Gasteiger partial charge in [0.2, 0.25) is 5.91 Å². The predicted octanol–water partition coefficient (Wildman–Crippen LogP) is 5.29. The number of hydrogen-bond acceptors (Lipinski definition) is 4. The topological polar surface area (TPSA) is 75.7 Å². The monoisotopic (exact) mass is 506 g/mol. The van der Waals surface area contributed by atoms with Gasteiger partial charge in [-0.15, -0.1) is 0 Å². The van der Waals surface area contributed by atoms with Crippen LogP contribution < -0.4 is 14.4 Å². The molecule has 0 aliphatic heterocycles. The summed E-state index contributed by atoms with van der Waals surface area (Å²) in [6.45, 7) is 3.59. The highest BCUT2D eigenvalue weighted by atomic mass is 35.5. The number of halogens is 2. The first-order chi connectivity index (χ1) is 15.7. The molecule has 0 heterocycles. The van der Waals surface area contributed by atoms with Crippen molar-refractivity contribution in [2.75, 3.05) is 10.8 Å². The Labute approximate surface area is 204 Å². The molecular weight excluding hydrogens is 483 g/mol. The summed E-state index contributed by atoms with van der Waals surface area (Å²) in [5.41, 5.74) is 0.940. The molecule has 6 nitrogen and oxygen atoms in total. The van der Waals surface area contributed by atoms with E-state index in [4.69, 9.17) is 27.9 Å². The van der Waals surface area contributed by atoms with E-state index in [9.17, 15) is 13.2 Å². The molecule has 0 spiro atoms. The molecule has 9 heteroatoms. The van der Waals surface area contributed by atoms with Crippen LogP contribution in [0.25, 0.3) is 0 Å². The maximum Gasteiger partial charge on any atom is 0.264 e. The van der Waals surface area contributed by atoms with Crippen LogP contribution in [0.4, 0.5) is 5.69 Å². The minimum absolute atomic E-state index is 0.0223. The van der Waals surface area contributed by atoms with Crippen molar-refractivity contribution in [3.63, 3.8) is 0 Å². The summed E-state index contributed by atoms with van der Waals surface area (Å²) in [6, 6.07) is 19.8. The van der Waals surface area contributed by atoms with Crippen molar-refractivity contribution in [2.45, 2.75) is 31.4 Å². The molecule has 3 aromatic carbocycles. The Hall–Kier alpha value is -2.74. The molecule has 0 aromatic heterocycles. The molecule has 33 heavy (non-hydrogen) atoms. The van der Waals surface area contributed by atoms with Crippen LogP contribution in [0.5, 0.6) is 5.75 Å². The summed E-state index contributed by atoms with van der Waals surface area (Å²) in [6.07, 6.45) is 0.0223. The average Bonchev–Trinajstić information content (AvgIpc) is 2.78. The van der Waals surface area contributed by atoms with Gasteiger partial charge in [-0.25, -0.2) is 8.42 Å². The molecule has 0 unspecified atom stereocenters. The Morgan fingerprint density at radius 2 is 1.70 bits per heavy atom. The van der Waals surface area contributed by atoms with Crippen molar-refractivity contribution in [1.29, 1.82) is 0 Å². The van der Waals surface area contributed by atoms with Gasteiger partial charge in [0, 0.05) is 6.54 Å². The zero-order chi connectivity index (χ0) is 24.0. The number of carbonyl (C=O) groups excluding carboxylic acids is 1. The van der Waals surface area contributed by atoms with Crippen LogP contribution in [-0.2, 0) is 21.4 Å². The fourth-order valence-electron chi connectivity index (χ4n) is 3.09. The maximum absolute atomic E-state index is 13.4. The van der Waals surface area contributed by atoms with Crippen LogP contribution in [0.15, 0.2) is 77.7 Å². The Morgan fingerprint density at radius 3 is 2.39 bits per heavy atom. The molecular formula is C24H24Cl2N2O4S. The number of amides is 1. The first-order valence-electron chi connectivity index (χ1n) is 10.2. The number of benzene rings is 3. The first-order valence-corrected chi connectivity index (χ1v) is 12.4. The average molecular weight is 507 g/mol. The standard InChI is InChI=1S/C24H24Cl2N2O4S/c1-17(2)32-19-9-6-8-18(14-19)15-27-23(29)16-28(22-13-7-12-21(25)24(22)26)33(30,31)20-10-4-3-5-11-20/h3-14,17H,15-16H2,1-2H3,(H,27,29). The van der Waals surface area contributed by atoms with Crippen LogP contribution in [0, 0.1) is 0 Å². The predicted molar refractivity (Wildman–Crippen MR) is 131 cm³/mol. The highest BCUT2D eigenvalue weighted by Crippen LogP contribution is 2.35. The molecule has 3 aromatic rings. The molecule has 0 aliphatic carbocycles. The number of rotatable bonds is 9. The van der Waals surface area contributed by atoms with Crippen molar-refractivity contribution in [2.24, 2.45) is 0 Å². The van der Waals surface area contributed by atoms with E-state index in [2.05, 4.69) is 5.32 Å². The molecule has 0 fully saturated rings. The molecule has 0 atom stereocenters. The van der Waals surface area contributed by atoms with E-state index in [0.717, 1.165) is 9.87 Å². The third-order valence-electron chi connectivity index (χ3n) is 4.58. The van der Waals surface area contributed by atoms with Gasteiger partial charge in [0.25, 0.3) is 10.0 Å². The second-order valence-electron chi connectivity index (χ2n) is 7.49. The Morgan fingerprint density at radius 1 is 1.00 bits per heavy atom. The summed E-state index contributed by atoms with van der Waals surface area (Å²) in [7, 11) is -4.08. The van der Waals surface area contributed by atoms with Crippen LogP contribution >= 0.6 is 23.2 Å². The number of hydrogen-bond donors (Lipinski definition) is 1. The van der Waals surface area contributed by atoms with E-state index >= 15 is 0 Å². The molecule has 174 valence electrons. The van der Waals surface area contributed by atoms with Crippen LogP contribution in [0.1, 0.15) is 19.4 Å². The van der Waals surface area contributed by atoms with Gasteiger partial charge in [0.05, 0.1) is 26.7 Å². The first kappa shape index (κ1) is 24.9. The smallest absolute Gasteiger partial charge is 0.264 e. The molecule has 0 bridgehead atoms. The van der Waals surface area contributed by atoms with Gasteiger partial charge in [-0.3, -0.25) is 9.10 Å². The molecule has 1 N–H and O–H groups in total. The number of nitrogens with one attached hydrogen (secondary N) is 1. The number of sulfonamides is 1. The minimum Gasteiger partial charge on any atom is -0.491 e. The summed E-state index contributed by atoms with van der Waals surface area (Å²) >= 11 is 12.4. The van der Waals surface area contributed by atoms with Gasteiger partial charge in [0.1, 0.15) is 12.3 Å². The molecule has 0 saturated heterocycles. The second-order valence-corrected chi connectivity index (χ2v) is 10.1. The summed E-state index contributed by atoms with van der Waals surface area (Å²) in [4.78, 5) is 12.8. The fraction of sp³-hybridized carbons (Fsp3) is 0.208. The Bertz CT molecular complexity index is 1220. The summed E-state index contributed by atoms with van der Waals surface area (Å²) in [5.74, 6) is 0.191. The van der Waals surface area contributed by atoms with Crippen LogP contribution in [0.3, 0.4) is 0 Å². The number of carbonyl (C=O) groups is 1. The quantitative estimate of drug-likeness (QED) is 0.427. The molecule has 3 rings (SSSR count). The molecule has 0 radical (unpaired) electrons. The van der Waals surface area contributed by atoms with Crippen molar-refractivity contribution >= 4 is 44.8 Å². The normalized spacial score (nSPS) is 11.3. The number of ether oxygens (including phenoxy) is 1. The molecule has 0 aliphatic rings. The van der Waals surface area contributed by atoms with Crippen LogP contribution in [0.2, 0.25) is 10.0 Å². The van der Waals surface area contributed by atoms with E-state index in [1.807, 2.05) is 38.1 Å². The SMILES string of the molecule is CC(C)Oc1cccc(CNC(=O)CN(c2cccc(Cl)c2Cl)S(=O)(=O)c2ccccc2)c1. The second kappa shape index (κ2) is 10.9. The summed E-state index contributed by atoms with van der Waals surface area (Å²) in [5, 5.41) is 2.99. The lowest BCUT2D eigenvalue weighted by atomic mass is 10.2. The van der Waals surface area contributed by atoms with E-state index in [0.29, 0.717) is 5.75 Å². The zero-order valence-electron chi connectivity index (χ0n) is 18.2. The van der Waals surface area contributed by atoms with Gasteiger partial charge >= 0.3 is 0 Å². The van der Waals surface area contributed by atoms with E-state index < -0.39 is 22.5 Å². The lowest BCUT2D eigenvalue weighted by molar-refractivity contribution is -0.119. The Balaban J connectivity index is 1.83. The number of anilines is 1. The van der Waals surface area contributed by atoms with E-state index in [1.54, 1.807) is 30.3 Å². The third kappa shape index (κ3) is 6.41. The highest BCUT2D eigenvalue weighted by molar-refractivity contribution is 7.92. The van der Waals surface area contributed by atoms with Gasteiger partial charge in [-0.2, -0.15) is 0 Å². The zero-order valence-corrected chi connectivity index (χ0v) is 20.5. The van der Waals surface area contributed by atoms with Gasteiger partial charge in [0.15, 0.2) is 0 Å². The largest absolute Gasteiger partial charge is 0.491 e. The van der Waals surface area contributed by atoms with Crippen molar-refractivity contribution < 1.29 is 17.9 Å². The fourth-order valence-corrected chi connectivity index (χ4v) is 4.99. The number of nitrogens with zero attached hydrogens (tertiary/aromatic N) is 1. The van der Waals surface area contributed by atoms with Gasteiger partial charge in [-0.1, -0.05) is 59.6 Å². The van der Waals surface area contributed by atoms with Crippen molar-refractivity contribution in [1.82, 2.24) is 5.32 Å². The minimum atomic E-state index is -4.08. The maximum atomic E-state index is 13.4. The van der Waals surface area contributed by atoms with Crippen LogP contribution in [-0.4, -0.2) is 27.0 Å². The summed E-state index contributed by atoms with van der Waals surface area (Å²) < 4.78 is 33.4. The Kier molecular flexibility index (Phi) is 8.24. The molecule has 1 amide bonds. The van der Waals surface area contributed by atoms with Crippen molar-refractivity contribution in [3.8, 4) is 5.75 Å². The molecule has 0 saturated carbocycles. The van der Waals surface area contributed by atoms with E-state index in [-0.39, 0.29) is 33.3 Å². The third-order valence-corrected chi connectivity index (χ3v) is 7.16. The lowest BCUT2D eigenvalue weighted by Crippen LogP contribution is -2.40.